The summed E-state index contributed by atoms with van der Waals surface area (Å²) in [6.07, 6.45) is 18.4. The van der Waals surface area contributed by atoms with Crippen LogP contribution in [0, 0.1) is 23.7 Å². The Morgan fingerprint density at radius 1 is 0.489 bits per heavy atom. The Bertz CT molecular complexity index is 2460. The van der Waals surface area contributed by atoms with E-state index in [2.05, 4.69) is 71.4 Å². The summed E-state index contributed by atoms with van der Waals surface area (Å²) in [6.45, 7) is 0. The highest BCUT2D eigenvalue weighted by molar-refractivity contribution is 6.32. The normalized spacial score (nSPS) is 31.8. The molecule has 3 aromatic carbocycles. The molecule has 4 unspecified atom stereocenters. The van der Waals surface area contributed by atoms with Crippen LogP contribution < -0.4 is 0 Å². The molecule has 4 heterocycles. The molecule has 0 spiro atoms. The Balaban J connectivity index is 1.21. The number of rotatable bonds is 1. The number of nitrogens with zero attached hydrogens (tertiary/aromatic N) is 3. The van der Waals surface area contributed by atoms with Crippen molar-refractivity contribution in [3.05, 3.63) is 89.5 Å². The lowest BCUT2D eigenvalue weighted by Crippen LogP contribution is -2.25. The Morgan fingerprint density at radius 3 is 1.70 bits per heavy atom. The first-order valence-electron chi connectivity index (χ1n) is 18.8. The molecule has 4 atom stereocenters. The molecular formula is C44H39N3. The van der Waals surface area contributed by atoms with Crippen LogP contribution in [0.25, 0.3) is 60.0 Å². The van der Waals surface area contributed by atoms with Gasteiger partial charge in [0, 0.05) is 44.8 Å². The summed E-state index contributed by atoms with van der Waals surface area (Å²) in [5, 5.41) is 8.82. The minimum absolute atomic E-state index is 0.640. The van der Waals surface area contributed by atoms with Gasteiger partial charge in [-0.05, 0) is 145 Å². The van der Waals surface area contributed by atoms with Crippen LogP contribution in [0.1, 0.15) is 110 Å². The standard InChI is InChI=1S/C44H39N3/c1-2-4-26(5-3-1)27-6-7-33-28(18-27)19-34-39-35(20-45-42-31-14-22-8-23(15-31)11-29(10-22)37(39)42)47-36-21-46-43-32-16-24-9-25(17-32)13-30(12-24)38(43)41(36)40(33)44(34)47/h1-7,18-25,29-32H,8-17H2. The molecule has 15 rings (SSSR count). The first-order valence-corrected chi connectivity index (χ1v) is 18.8. The highest BCUT2D eigenvalue weighted by atomic mass is 14.9. The zero-order chi connectivity index (χ0) is 30.1. The molecular weight excluding hydrogens is 571 g/mol. The predicted molar refractivity (Wildman–Crippen MR) is 191 cm³/mol. The number of pyridine rings is 2. The molecule has 0 radical (unpaired) electrons. The van der Waals surface area contributed by atoms with Crippen molar-refractivity contribution >= 4 is 48.9 Å². The van der Waals surface area contributed by atoms with Crippen molar-refractivity contribution in [3.8, 4) is 11.1 Å². The van der Waals surface area contributed by atoms with Crippen LogP contribution in [-0.4, -0.2) is 14.4 Å². The van der Waals surface area contributed by atoms with Gasteiger partial charge in [0.05, 0.1) is 28.9 Å². The molecule has 4 aromatic heterocycles. The fourth-order valence-electron chi connectivity index (χ4n) is 13.3. The molecule has 47 heavy (non-hydrogen) atoms. The van der Waals surface area contributed by atoms with Gasteiger partial charge in [-0.25, -0.2) is 0 Å². The number of hydrogen-bond acceptors (Lipinski definition) is 2. The lowest BCUT2D eigenvalue weighted by Gasteiger charge is -2.38. The van der Waals surface area contributed by atoms with E-state index in [1.54, 1.807) is 11.1 Å². The highest BCUT2D eigenvalue weighted by Crippen LogP contribution is 2.60. The van der Waals surface area contributed by atoms with E-state index in [-0.39, 0.29) is 0 Å². The summed E-state index contributed by atoms with van der Waals surface area (Å²) in [5.74, 6) is 6.13. The van der Waals surface area contributed by atoms with Crippen LogP contribution in [0.2, 0.25) is 0 Å². The van der Waals surface area contributed by atoms with Crippen LogP contribution in [-0.2, 0) is 0 Å². The molecule has 7 aromatic rings. The average Bonchev–Trinajstić information content (AvgIpc) is 3.47. The quantitative estimate of drug-likeness (QED) is 0.185. The summed E-state index contributed by atoms with van der Waals surface area (Å²) in [4.78, 5) is 10.9. The van der Waals surface area contributed by atoms with E-state index < -0.39 is 0 Å². The van der Waals surface area contributed by atoms with Crippen LogP contribution in [0.4, 0.5) is 0 Å². The smallest absolute Gasteiger partial charge is 0.0728 e. The molecule has 8 aliphatic carbocycles. The first-order chi connectivity index (χ1) is 23.2. The van der Waals surface area contributed by atoms with Gasteiger partial charge in [-0.2, -0.15) is 0 Å². The van der Waals surface area contributed by atoms with E-state index in [1.165, 1.54) is 136 Å². The molecule has 3 nitrogen and oxygen atoms in total. The molecule has 0 N–H and O–H groups in total. The van der Waals surface area contributed by atoms with E-state index in [9.17, 15) is 0 Å². The van der Waals surface area contributed by atoms with E-state index >= 15 is 0 Å². The molecule has 8 bridgehead atoms. The van der Waals surface area contributed by atoms with Crippen LogP contribution in [0.5, 0.6) is 0 Å². The second-order valence-corrected chi connectivity index (χ2v) is 17.0. The van der Waals surface area contributed by atoms with Gasteiger partial charge in [0.2, 0.25) is 0 Å². The van der Waals surface area contributed by atoms with E-state index in [1.807, 2.05) is 0 Å². The lowest BCUT2D eigenvalue weighted by molar-refractivity contribution is 0.165. The maximum Gasteiger partial charge on any atom is 0.0728 e. The van der Waals surface area contributed by atoms with Crippen molar-refractivity contribution in [1.82, 2.24) is 14.4 Å². The third-order valence-corrected chi connectivity index (χ3v) is 14.6. The fourth-order valence-corrected chi connectivity index (χ4v) is 13.3. The van der Waals surface area contributed by atoms with Gasteiger partial charge in [0.1, 0.15) is 0 Å². The fraction of sp³-hybridized carbons (Fsp3) is 0.409. The maximum absolute atomic E-state index is 5.47. The summed E-state index contributed by atoms with van der Waals surface area (Å²) < 4.78 is 2.64. The molecule has 0 aliphatic heterocycles. The predicted octanol–water partition coefficient (Wildman–Crippen LogP) is 11.2. The van der Waals surface area contributed by atoms with Crippen molar-refractivity contribution in [2.24, 2.45) is 23.7 Å². The second kappa shape index (κ2) is 8.53. The summed E-state index contributed by atoms with van der Waals surface area (Å²) in [6, 6.07) is 20.9. The van der Waals surface area contributed by atoms with Gasteiger partial charge >= 0.3 is 0 Å². The number of aromatic nitrogens is 3. The molecule has 3 heteroatoms. The molecule has 4 saturated carbocycles. The first kappa shape index (κ1) is 25.1. The van der Waals surface area contributed by atoms with Crippen molar-refractivity contribution in [3.63, 3.8) is 0 Å². The third-order valence-electron chi connectivity index (χ3n) is 14.6. The molecule has 230 valence electrons. The monoisotopic (exact) mass is 609 g/mol. The van der Waals surface area contributed by atoms with Crippen molar-refractivity contribution in [2.75, 3.05) is 0 Å². The third kappa shape index (κ3) is 3.11. The minimum Gasteiger partial charge on any atom is -0.305 e. The van der Waals surface area contributed by atoms with Gasteiger partial charge in [0.25, 0.3) is 0 Å². The second-order valence-electron chi connectivity index (χ2n) is 17.0. The minimum atomic E-state index is 0.640. The molecule has 4 fully saturated rings. The maximum atomic E-state index is 5.47. The number of fused-ring (bicyclic) bond motifs is 8. The Labute approximate surface area is 274 Å². The largest absolute Gasteiger partial charge is 0.305 e. The summed E-state index contributed by atoms with van der Waals surface area (Å²) in [5.41, 5.74) is 12.9. The average molecular weight is 610 g/mol. The van der Waals surface area contributed by atoms with Crippen LogP contribution in [0.3, 0.4) is 0 Å². The SMILES string of the molecule is c1ccc(-c2ccc3c(c2)cc2c4c5c(ncc4n4c6cnc7c(c6c3c24)C2CC3CC(CC7C3)C2)C2CC3CC(C2)CC5C3)cc1. The summed E-state index contributed by atoms with van der Waals surface area (Å²) in [7, 11) is 0. The van der Waals surface area contributed by atoms with Crippen LogP contribution in [0.15, 0.2) is 67.0 Å². The van der Waals surface area contributed by atoms with Gasteiger partial charge in [0.15, 0.2) is 0 Å². The van der Waals surface area contributed by atoms with Crippen molar-refractivity contribution in [2.45, 2.75) is 87.9 Å². The highest BCUT2D eigenvalue weighted by Gasteiger charge is 2.46. The van der Waals surface area contributed by atoms with Gasteiger partial charge in [-0.1, -0.05) is 42.5 Å². The number of hydrogen-bond donors (Lipinski definition) is 0. The van der Waals surface area contributed by atoms with Gasteiger partial charge in [-0.3, -0.25) is 9.97 Å². The molecule has 0 amide bonds. The lowest BCUT2D eigenvalue weighted by atomic mass is 9.67. The zero-order valence-electron chi connectivity index (χ0n) is 26.9. The Morgan fingerprint density at radius 2 is 1.06 bits per heavy atom. The topological polar surface area (TPSA) is 30.2 Å². The van der Waals surface area contributed by atoms with E-state index in [0.29, 0.717) is 23.7 Å². The Kier molecular flexibility index (Phi) is 4.56. The van der Waals surface area contributed by atoms with Gasteiger partial charge in [-0.15, -0.1) is 0 Å². The summed E-state index contributed by atoms with van der Waals surface area (Å²) >= 11 is 0. The number of benzene rings is 3. The van der Waals surface area contributed by atoms with E-state index in [4.69, 9.17) is 9.97 Å². The zero-order valence-corrected chi connectivity index (χ0v) is 26.9. The molecule has 0 saturated heterocycles. The van der Waals surface area contributed by atoms with Crippen molar-refractivity contribution in [1.29, 1.82) is 0 Å². The van der Waals surface area contributed by atoms with E-state index in [0.717, 1.165) is 23.7 Å². The van der Waals surface area contributed by atoms with Crippen molar-refractivity contribution < 1.29 is 0 Å². The van der Waals surface area contributed by atoms with Gasteiger partial charge < -0.3 is 4.40 Å². The Hall–Kier alpha value is -3.98. The van der Waals surface area contributed by atoms with Crippen LogP contribution >= 0.6 is 0 Å². The molecule has 8 aliphatic rings.